The molecule has 0 saturated heterocycles. The number of carbonyl (C=O) groups excluding carboxylic acids is 1. The summed E-state index contributed by atoms with van der Waals surface area (Å²) in [5.41, 5.74) is 1.97. The molecule has 6 heteroatoms. The van der Waals surface area contributed by atoms with Gasteiger partial charge in [-0.3, -0.25) is 9.36 Å². The number of aromatic nitrogens is 2. The van der Waals surface area contributed by atoms with E-state index in [9.17, 15) is 9.59 Å². The van der Waals surface area contributed by atoms with Gasteiger partial charge in [0.1, 0.15) is 4.83 Å². The van der Waals surface area contributed by atoms with E-state index in [4.69, 9.17) is 4.74 Å². The number of fused-ring (bicyclic) bond motifs is 1. The van der Waals surface area contributed by atoms with Gasteiger partial charge in [0.15, 0.2) is 0 Å². The molecule has 0 N–H and O–H groups in total. The third-order valence-electron chi connectivity index (χ3n) is 4.98. The number of rotatable bonds is 7. The Morgan fingerprint density at radius 2 is 1.70 bits per heavy atom. The van der Waals surface area contributed by atoms with Gasteiger partial charge in [-0.15, -0.1) is 11.3 Å². The Kier molecular flexibility index (Phi) is 6.05. The maximum absolute atomic E-state index is 13.6. The Bertz CT molecular complexity index is 1160. The minimum Gasteiger partial charge on any atom is -0.462 e. The van der Waals surface area contributed by atoms with E-state index >= 15 is 0 Å². The van der Waals surface area contributed by atoms with Gasteiger partial charge in [0.25, 0.3) is 5.56 Å². The SMILES string of the molecule is CCCCOC(=O)c1csc2ncn(C(c3ccccc3)c3ccccc3)c(=O)c12. The number of unbranched alkanes of at least 4 members (excludes halogenated alkanes) is 1. The topological polar surface area (TPSA) is 61.2 Å². The van der Waals surface area contributed by atoms with Crippen LogP contribution in [-0.2, 0) is 4.74 Å². The molecule has 2 aromatic heterocycles. The summed E-state index contributed by atoms with van der Waals surface area (Å²) in [7, 11) is 0. The molecule has 0 bridgehead atoms. The quantitative estimate of drug-likeness (QED) is 0.311. The molecule has 0 unspecified atom stereocenters. The molecule has 0 fully saturated rings. The molecule has 0 aliphatic heterocycles. The summed E-state index contributed by atoms with van der Waals surface area (Å²) in [4.78, 5) is 31.2. The van der Waals surface area contributed by atoms with Crippen molar-refractivity contribution in [2.45, 2.75) is 25.8 Å². The molecule has 2 heterocycles. The third kappa shape index (κ3) is 3.91. The van der Waals surface area contributed by atoms with Crippen molar-refractivity contribution in [1.29, 1.82) is 0 Å². The molecule has 0 spiro atoms. The first-order chi connectivity index (χ1) is 14.7. The average Bonchev–Trinajstić information content (AvgIpc) is 3.22. The van der Waals surface area contributed by atoms with E-state index < -0.39 is 5.97 Å². The lowest BCUT2D eigenvalue weighted by Crippen LogP contribution is -2.27. The van der Waals surface area contributed by atoms with Crippen LogP contribution in [0.2, 0.25) is 0 Å². The molecule has 0 amide bonds. The zero-order chi connectivity index (χ0) is 20.9. The summed E-state index contributed by atoms with van der Waals surface area (Å²) < 4.78 is 6.95. The second kappa shape index (κ2) is 9.05. The van der Waals surface area contributed by atoms with Crippen molar-refractivity contribution in [3.8, 4) is 0 Å². The Morgan fingerprint density at radius 3 is 2.30 bits per heavy atom. The van der Waals surface area contributed by atoms with Crippen molar-refractivity contribution < 1.29 is 9.53 Å². The predicted octanol–water partition coefficient (Wildman–Crippen LogP) is 5.05. The minimum absolute atomic E-state index is 0.249. The number of hydrogen-bond donors (Lipinski definition) is 0. The van der Waals surface area contributed by atoms with Crippen molar-refractivity contribution in [3.63, 3.8) is 0 Å². The molecule has 5 nitrogen and oxygen atoms in total. The van der Waals surface area contributed by atoms with Crippen LogP contribution in [-0.4, -0.2) is 22.1 Å². The monoisotopic (exact) mass is 418 g/mol. The maximum atomic E-state index is 13.6. The van der Waals surface area contributed by atoms with Gasteiger partial charge in [0.05, 0.1) is 29.9 Å². The van der Waals surface area contributed by atoms with Gasteiger partial charge < -0.3 is 4.74 Å². The van der Waals surface area contributed by atoms with Gasteiger partial charge >= 0.3 is 5.97 Å². The number of carbonyl (C=O) groups is 1. The smallest absolute Gasteiger partial charge is 0.339 e. The van der Waals surface area contributed by atoms with Crippen LogP contribution < -0.4 is 5.56 Å². The first kappa shape index (κ1) is 20.0. The van der Waals surface area contributed by atoms with Crippen LogP contribution in [0.4, 0.5) is 0 Å². The van der Waals surface area contributed by atoms with Gasteiger partial charge in [-0.25, -0.2) is 9.78 Å². The summed E-state index contributed by atoms with van der Waals surface area (Å²) in [6.07, 6.45) is 3.29. The van der Waals surface area contributed by atoms with Crippen LogP contribution in [0.15, 0.2) is 77.2 Å². The molecular weight excluding hydrogens is 396 g/mol. The second-order valence-corrected chi connectivity index (χ2v) is 7.86. The number of nitrogens with zero attached hydrogens (tertiary/aromatic N) is 2. The van der Waals surface area contributed by atoms with Crippen LogP contribution in [0.5, 0.6) is 0 Å². The lowest BCUT2D eigenvalue weighted by Gasteiger charge is -2.20. The van der Waals surface area contributed by atoms with E-state index in [0.717, 1.165) is 24.0 Å². The van der Waals surface area contributed by atoms with Crippen molar-refractivity contribution in [2.24, 2.45) is 0 Å². The number of benzene rings is 2. The van der Waals surface area contributed by atoms with Crippen LogP contribution >= 0.6 is 11.3 Å². The summed E-state index contributed by atoms with van der Waals surface area (Å²) in [6.45, 7) is 2.38. The summed E-state index contributed by atoms with van der Waals surface area (Å²) >= 11 is 1.28. The standard InChI is InChI=1S/C24H22N2O3S/c1-2-3-14-29-24(28)19-15-30-22-20(19)23(27)26(16-25-22)21(17-10-6-4-7-11-17)18-12-8-5-9-13-18/h4-13,15-16,21H,2-3,14H2,1H3. The number of hydrogen-bond acceptors (Lipinski definition) is 5. The van der Waals surface area contributed by atoms with Crippen LogP contribution in [0.25, 0.3) is 10.2 Å². The zero-order valence-electron chi connectivity index (χ0n) is 16.7. The second-order valence-electron chi connectivity index (χ2n) is 7.00. The summed E-state index contributed by atoms with van der Waals surface area (Å²) in [6, 6.07) is 19.3. The largest absolute Gasteiger partial charge is 0.462 e. The Morgan fingerprint density at radius 1 is 1.07 bits per heavy atom. The van der Waals surface area contributed by atoms with Crippen LogP contribution in [0.3, 0.4) is 0 Å². The molecule has 0 radical (unpaired) electrons. The fourth-order valence-corrected chi connectivity index (χ4v) is 4.32. The van der Waals surface area contributed by atoms with E-state index in [1.807, 2.05) is 67.6 Å². The van der Waals surface area contributed by atoms with E-state index in [1.165, 1.54) is 11.3 Å². The van der Waals surface area contributed by atoms with E-state index in [0.29, 0.717) is 16.8 Å². The molecular formula is C24H22N2O3S. The van der Waals surface area contributed by atoms with Crippen molar-refractivity contribution in [2.75, 3.05) is 6.61 Å². The molecule has 0 aliphatic carbocycles. The normalized spacial score (nSPS) is 11.1. The fourth-order valence-electron chi connectivity index (χ4n) is 3.45. The molecule has 4 rings (SSSR count). The van der Waals surface area contributed by atoms with Crippen molar-refractivity contribution >= 4 is 27.5 Å². The van der Waals surface area contributed by atoms with Crippen molar-refractivity contribution in [1.82, 2.24) is 9.55 Å². The first-order valence-corrected chi connectivity index (χ1v) is 10.8. The minimum atomic E-state index is -0.470. The first-order valence-electron chi connectivity index (χ1n) is 9.96. The van der Waals surface area contributed by atoms with Crippen molar-refractivity contribution in [3.05, 3.63) is 99.4 Å². The fraction of sp³-hybridized carbons (Fsp3) is 0.208. The molecule has 2 aromatic carbocycles. The van der Waals surface area contributed by atoms with E-state index in [2.05, 4.69) is 4.98 Å². The van der Waals surface area contributed by atoms with E-state index in [-0.39, 0.29) is 17.2 Å². The molecule has 4 aromatic rings. The zero-order valence-corrected chi connectivity index (χ0v) is 17.5. The number of thiophene rings is 1. The molecule has 0 saturated carbocycles. The number of ether oxygens (including phenoxy) is 1. The third-order valence-corrected chi connectivity index (χ3v) is 5.87. The van der Waals surface area contributed by atoms with Gasteiger partial charge in [-0.05, 0) is 17.5 Å². The number of esters is 1. The highest BCUT2D eigenvalue weighted by atomic mass is 32.1. The highest BCUT2D eigenvalue weighted by Gasteiger charge is 2.23. The molecule has 30 heavy (non-hydrogen) atoms. The van der Waals surface area contributed by atoms with Crippen LogP contribution in [0, 0.1) is 0 Å². The predicted molar refractivity (Wildman–Crippen MR) is 119 cm³/mol. The highest BCUT2D eigenvalue weighted by Crippen LogP contribution is 2.27. The summed E-state index contributed by atoms with van der Waals surface area (Å²) in [5.74, 6) is -0.470. The lowest BCUT2D eigenvalue weighted by molar-refractivity contribution is 0.0502. The van der Waals surface area contributed by atoms with Gasteiger partial charge in [0, 0.05) is 5.38 Å². The Labute approximate surface area is 178 Å². The van der Waals surface area contributed by atoms with E-state index in [1.54, 1.807) is 16.3 Å². The summed E-state index contributed by atoms with van der Waals surface area (Å²) in [5, 5.41) is 1.98. The Balaban J connectivity index is 1.84. The lowest BCUT2D eigenvalue weighted by atomic mass is 9.98. The highest BCUT2D eigenvalue weighted by molar-refractivity contribution is 7.17. The van der Waals surface area contributed by atoms with Crippen LogP contribution in [0.1, 0.15) is 47.3 Å². The van der Waals surface area contributed by atoms with Gasteiger partial charge in [0.2, 0.25) is 0 Å². The average molecular weight is 419 g/mol. The van der Waals surface area contributed by atoms with Gasteiger partial charge in [-0.1, -0.05) is 74.0 Å². The molecule has 0 aliphatic rings. The maximum Gasteiger partial charge on any atom is 0.339 e. The molecule has 152 valence electrons. The molecule has 0 atom stereocenters. The van der Waals surface area contributed by atoms with Gasteiger partial charge in [-0.2, -0.15) is 0 Å². The Hall–Kier alpha value is -3.25.